The number of hydrogen-bond donors (Lipinski definition) is 2. The molecule has 134 valence electrons. The normalized spacial score (nSPS) is 11.9. The fourth-order valence-electron chi connectivity index (χ4n) is 2.00. The van der Waals surface area contributed by atoms with Crippen LogP contribution in [0.5, 0.6) is 0 Å². The summed E-state index contributed by atoms with van der Waals surface area (Å²) in [5, 5.41) is 10.2. The predicted octanol–water partition coefficient (Wildman–Crippen LogP) is 1.52. The van der Waals surface area contributed by atoms with Crippen LogP contribution in [-0.4, -0.2) is 44.6 Å². The summed E-state index contributed by atoms with van der Waals surface area (Å²) in [6, 6.07) is 0. The van der Waals surface area contributed by atoms with Crippen LogP contribution >= 0.6 is 24.0 Å². The van der Waals surface area contributed by atoms with Gasteiger partial charge in [-0.2, -0.15) is 0 Å². The summed E-state index contributed by atoms with van der Waals surface area (Å²) < 4.78 is 28.2. The Bertz CT molecular complexity index is 578. The van der Waals surface area contributed by atoms with Crippen molar-refractivity contribution in [1.82, 2.24) is 15.8 Å². The summed E-state index contributed by atoms with van der Waals surface area (Å²) in [7, 11) is -1.32. The molecule has 0 amide bonds. The molecule has 0 aliphatic rings. The highest BCUT2D eigenvalue weighted by molar-refractivity contribution is 14.0. The van der Waals surface area contributed by atoms with E-state index in [2.05, 4.69) is 20.8 Å². The van der Waals surface area contributed by atoms with Gasteiger partial charge in [0.25, 0.3) is 0 Å². The molecule has 0 spiro atoms. The Labute approximate surface area is 155 Å². The zero-order valence-corrected chi connectivity index (χ0v) is 17.3. The van der Waals surface area contributed by atoms with Crippen LogP contribution in [0.4, 0.5) is 0 Å². The molecule has 0 aromatic carbocycles. The highest BCUT2D eigenvalue weighted by atomic mass is 127. The Balaban J connectivity index is 0.00000484. The van der Waals surface area contributed by atoms with E-state index in [4.69, 9.17) is 4.52 Å². The molecule has 0 bridgehead atoms. The quantitative estimate of drug-likeness (QED) is 0.349. The maximum Gasteiger partial charge on any atom is 0.191 e. The first-order valence-corrected chi connectivity index (χ1v) is 9.40. The maximum absolute atomic E-state index is 11.5. The molecule has 7 nitrogen and oxygen atoms in total. The van der Waals surface area contributed by atoms with Crippen molar-refractivity contribution in [2.24, 2.45) is 4.99 Å². The molecule has 0 aliphatic carbocycles. The van der Waals surface area contributed by atoms with Crippen molar-refractivity contribution >= 4 is 39.8 Å². The molecule has 2 N–H and O–H groups in total. The van der Waals surface area contributed by atoms with E-state index in [1.165, 1.54) is 0 Å². The number of rotatable bonds is 8. The molecule has 0 atom stereocenters. The molecule has 0 radical (unpaired) electrons. The van der Waals surface area contributed by atoms with Gasteiger partial charge in [-0.05, 0) is 6.42 Å². The first-order valence-electron chi connectivity index (χ1n) is 7.58. The van der Waals surface area contributed by atoms with Crippen molar-refractivity contribution in [3.8, 4) is 0 Å². The van der Waals surface area contributed by atoms with Gasteiger partial charge in [0.05, 0.1) is 11.4 Å². The highest BCUT2D eigenvalue weighted by Crippen LogP contribution is 2.15. The van der Waals surface area contributed by atoms with Crippen molar-refractivity contribution in [2.75, 3.05) is 25.1 Å². The Morgan fingerprint density at radius 1 is 1.22 bits per heavy atom. The monoisotopic (exact) mass is 458 g/mol. The van der Waals surface area contributed by atoms with E-state index in [1.807, 2.05) is 13.8 Å². The minimum absolute atomic E-state index is 0. The molecule has 23 heavy (non-hydrogen) atoms. The lowest BCUT2D eigenvalue weighted by atomic mass is 10.1. The van der Waals surface area contributed by atoms with Crippen molar-refractivity contribution in [3.63, 3.8) is 0 Å². The summed E-state index contributed by atoms with van der Waals surface area (Å²) in [6.07, 6.45) is 1.59. The van der Waals surface area contributed by atoms with Gasteiger partial charge in [-0.25, -0.2) is 8.42 Å². The summed E-state index contributed by atoms with van der Waals surface area (Å²) in [5.74, 6) is 1.68. The smallest absolute Gasteiger partial charge is 0.191 e. The first kappa shape index (κ1) is 22.2. The van der Waals surface area contributed by atoms with Crippen LogP contribution in [0.3, 0.4) is 0 Å². The summed E-state index contributed by atoms with van der Waals surface area (Å²) >= 11 is 0. The van der Waals surface area contributed by atoms with E-state index in [1.54, 1.807) is 14.0 Å². The number of aliphatic imine (C=N–C) groups is 1. The van der Waals surface area contributed by atoms with E-state index >= 15 is 0 Å². The van der Waals surface area contributed by atoms with E-state index in [0.29, 0.717) is 19.0 Å². The zero-order valence-electron chi connectivity index (χ0n) is 14.2. The highest BCUT2D eigenvalue weighted by Gasteiger charge is 2.14. The minimum Gasteiger partial charge on any atom is -0.361 e. The van der Waals surface area contributed by atoms with Crippen molar-refractivity contribution in [2.45, 2.75) is 40.2 Å². The summed E-state index contributed by atoms with van der Waals surface area (Å²) in [6.45, 7) is 6.58. The standard InChI is InChI=1S/C14H26N4O3S.HI/c1-5-12-11(13(6-2)21-18-12)10-17-14(15-4)16-8-9-22(19,20)7-3;/h5-10H2,1-4H3,(H2,15,16,17);1H. The second-order valence-electron chi connectivity index (χ2n) is 4.83. The molecule has 0 saturated carbocycles. The third-order valence-corrected chi connectivity index (χ3v) is 5.11. The number of halogens is 1. The summed E-state index contributed by atoms with van der Waals surface area (Å²) in [4.78, 5) is 4.09. The van der Waals surface area contributed by atoms with Gasteiger partial charge in [-0.3, -0.25) is 4.99 Å². The fourth-order valence-corrected chi connectivity index (χ4v) is 2.70. The van der Waals surface area contributed by atoms with Gasteiger partial charge in [-0.15, -0.1) is 24.0 Å². The topological polar surface area (TPSA) is 96.6 Å². The van der Waals surface area contributed by atoms with Crippen LogP contribution < -0.4 is 10.6 Å². The lowest BCUT2D eigenvalue weighted by Crippen LogP contribution is -2.39. The Hall–Kier alpha value is -0.840. The number of aryl methyl sites for hydroxylation is 2. The lowest BCUT2D eigenvalue weighted by Gasteiger charge is -2.12. The average molecular weight is 458 g/mol. The molecular weight excluding hydrogens is 431 g/mol. The van der Waals surface area contributed by atoms with Crippen LogP contribution in [0.1, 0.15) is 37.8 Å². The second-order valence-corrected chi connectivity index (χ2v) is 7.30. The molecule has 0 unspecified atom stereocenters. The summed E-state index contributed by atoms with van der Waals surface area (Å²) in [5.41, 5.74) is 1.99. The molecule has 0 aliphatic heterocycles. The van der Waals surface area contributed by atoms with Gasteiger partial charge < -0.3 is 15.2 Å². The van der Waals surface area contributed by atoms with Gasteiger partial charge in [0.2, 0.25) is 0 Å². The zero-order chi connectivity index (χ0) is 16.6. The average Bonchev–Trinajstić information content (AvgIpc) is 2.92. The largest absolute Gasteiger partial charge is 0.361 e. The van der Waals surface area contributed by atoms with E-state index in [-0.39, 0.29) is 35.5 Å². The first-order chi connectivity index (χ1) is 10.5. The molecule has 1 rings (SSSR count). The number of nitrogens with one attached hydrogen (secondary N) is 2. The van der Waals surface area contributed by atoms with Crippen LogP contribution in [-0.2, 0) is 29.2 Å². The van der Waals surface area contributed by atoms with Crippen molar-refractivity contribution in [3.05, 3.63) is 17.0 Å². The van der Waals surface area contributed by atoms with Gasteiger partial charge in [-0.1, -0.05) is 25.9 Å². The van der Waals surface area contributed by atoms with Gasteiger partial charge in [0, 0.05) is 37.9 Å². The Morgan fingerprint density at radius 3 is 2.43 bits per heavy atom. The fraction of sp³-hybridized carbons (Fsp3) is 0.714. The Morgan fingerprint density at radius 2 is 1.91 bits per heavy atom. The lowest BCUT2D eigenvalue weighted by molar-refractivity contribution is 0.380. The maximum atomic E-state index is 11.5. The molecule has 0 fully saturated rings. The van der Waals surface area contributed by atoms with Gasteiger partial charge in [0.15, 0.2) is 15.8 Å². The number of nitrogens with zero attached hydrogens (tertiary/aromatic N) is 2. The van der Waals surface area contributed by atoms with Gasteiger partial charge >= 0.3 is 0 Å². The molecular formula is C14H27IN4O3S. The molecule has 9 heteroatoms. The van der Waals surface area contributed by atoms with Crippen LogP contribution in [0.15, 0.2) is 9.52 Å². The van der Waals surface area contributed by atoms with E-state index in [9.17, 15) is 8.42 Å². The van der Waals surface area contributed by atoms with Crippen molar-refractivity contribution in [1.29, 1.82) is 0 Å². The molecule has 0 saturated heterocycles. The number of guanidine groups is 1. The van der Waals surface area contributed by atoms with Crippen LogP contribution in [0.2, 0.25) is 0 Å². The van der Waals surface area contributed by atoms with E-state index in [0.717, 1.165) is 29.9 Å². The second kappa shape index (κ2) is 10.8. The van der Waals surface area contributed by atoms with Crippen LogP contribution in [0, 0.1) is 0 Å². The van der Waals surface area contributed by atoms with Crippen LogP contribution in [0.25, 0.3) is 0 Å². The molecule has 1 aromatic rings. The third-order valence-electron chi connectivity index (χ3n) is 3.41. The number of hydrogen-bond acceptors (Lipinski definition) is 5. The minimum atomic E-state index is -2.97. The van der Waals surface area contributed by atoms with Gasteiger partial charge in [0.1, 0.15) is 5.76 Å². The third kappa shape index (κ3) is 7.06. The van der Waals surface area contributed by atoms with Crippen molar-refractivity contribution < 1.29 is 12.9 Å². The molecule has 1 aromatic heterocycles. The number of sulfone groups is 1. The van der Waals surface area contributed by atoms with E-state index < -0.39 is 9.84 Å². The predicted molar refractivity (Wildman–Crippen MR) is 103 cm³/mol. The SMILES string of the molecule is CCc1noc(CC)c1CNC(=NC)NCCS(=O)(=O)CC.I. The Kier molecular flexibility index (Phi) is 10.4. The molecule has 1 heterocycles. The number of aromatic nitrogens is 1.